The second-order valence-corrected chi connectivity index (χ2v) is 9.46. The quantitative estimate of drug-likeness (QED) is 0.606. The molecule has 2 heterocycles. The van der Waals surface area contributed by atoms with Gasteiger partial charge in [0, 0.05) is 31.9 Å². The number of pyridine rings is 1. The molecule has 0 N–H and O–H groups in total. The summed E-state index contributed by atoms with van der Waals surface area (Å²) >= 11 is 0. The van der Waals surface area contributed by atoms with Crippen molar-refractivity contribution in [2.24, 2.45) is 0 Å². The first-order valence-electron chi connectivity index (χ1n) is 9.64. The largest absolute Gasteiger partial charge is 0.416 e. The Kier molecular flexibility index (Phi) is 6.50. The molecule has 0 saturated carbocycles. The number of alkyl halides is 6. The van der Waals surface area contributed by atoms with Crippen LogP contribution in [0.15, 0.2) is 35.2 Å². The van der Waals surface area contributed by atoms with Gasteiger partial charge in [-0.25, -0.2) is 8.42 Å². The maximum Gasteiger partial charge on any atom is 0.416 e. The number of hydrogen-bond donors (Lipinski definition) is 0. The minimum atomic E-state index is -5.17. The zero-order chi connectivity index (χ0) is 24.8. The van der Waals surface area contributed by atoms with Gasteiger partial charge in [-0.05, 0) is 44.2 Å². The number of aryl methyl sites for hydroxylation is 2. The minimum absolute atomic E-state index is 0.0868. The van der Waals surface area contributed by atoms with E-state index in [-0.39, 0.29) is 44.4 Å². The van der Waals surface area contributed by atoms with Gasteiger partial charge in [0.1, 0.15) is 0 Å². The highest BCUT2D eigenvalue weighted by molar-refractivity contribution is 7.89. The fraction of sp³-hybridized carbons (Fsp3) is 0.400. The molecule has 1 amide bonds. The first-order valence-corrected chi connectivity index (χ1v) is 11.1. The predicted octanol–water partition coefficient (Wildman–Crippen LogP) is 3.88. The average Bonchev–Trinajstić information content (AvgIpc) is 2.72. The maximum atomic E-state index is 13.1. The molecular formula is C20H19F6N3O3S. The lowest BCUT2D eigenvalue weighted by Gasteiger charge is -2.34. The van der Waals surface area contributed by atoms with Crippen LogP contribution in [-0.4, -0.2) is 54.7 Å². The van der Waals surface area contributed by atoms with Crippen LogP contribution >= 0.6 is 0 Å². The summed E-state index contributed by atoms with van der Waals surface area (Å²) in [5, 5.41) is 0. The standard InChI is InChI=1S/C20H19F6N3O3S/c1-12-3-4-17(13(2)27-12)18(30)28-5-7-29(8-6-28)33(31,32)16-10-14(19(21,22)23)9-15(11-16)20(24,25)26/h3-4,9-11H,5-8H2,1-2H3. The number of rotatable bonds is 3. The number of aromatic nitrogens is 1. The van der Waals surface area contributed by atoms with Crippen molar-refractivity contribution >= 4 is 15.9 Å². The molecule has 6 nitrogen and oxygen atoms in total. The highest BCUT2D eigenvalue weighted by atomic mass is 32.2. The summed E-state index contributed by atoms with van der Waals surface area (Å²) < 4.78 is 105. The van der Waals surface area contributed by atoms with Crippen molar-refractivity contribution in [3.63, 3.8) is 0 Å². The summed E-state index contributed by atoms with van der Waals surface area (Å²) in [7, 11) is -4.67. The zero-order valence-corrected chi connectivity index (χ0v) is 18.3. The van der Waals surface area contributed by atoms with Crippen LogP contribution in [0, 0.1) is 13.8 Å². The molecule has 0 bridgehead atoms. The molecule has 1 aliphatic rings. The van der Waals surface area contributed by atoms with Gasteiger partial charge < -0.3 is 4.90 Å². The molecule has 0 unspecified atom stereocenters. The number of nitrogens with zero attached hydrogens (tertiary/aromatic N) is 3. The van der Waals surface area contributed by atoms with E-state index in [1.165, 1.54) is 4.90 Å². The Bertz CT molecular complexity index is 1140. The van der Waals surface area contributed by atoms with Crippen LogP contribution in [0.4, 0.5) is 26.3 Å². The van der Waals surface area contributed by atoms with Crippen LogP contribution < -0.4 is 0 Å². The van der Waals surface area contributed by atoms with Crippen molar-refractivity contribution in [3.05, 3.63) is 58.4 Å². The summed E-state index contributed by atoms with van der Waals surface area (Å²) in [6.45, 7) is 2.65. The van der Waals surface area contributed by atoms with Crippen molar-refractivity contribution in [2.45, 2.75) is 31.1 Å². The van der Waals surface area contributed by atoms with Crippen LogP contribution in [0.3, 0.4) is 0 Å². The van der Waals surface area contributed by atoms with Crippen molar-refractivity contribution in [2.75, 3.05) is 26.2 Å². The average molecular weight is 495 g/mol. The highest BCUT2D eigenvalue weighted by Gasteiger charge is 2.39. The van der Waals surface area contributed by atoms with Crippen LogP contribution in [0.25, 0.3) is 0 Å². The lowest BCUT2D eigenvalue weighted by Crippen LogP contribution is -2.50. The summed E-state index contributed by atoms with van der Waals surface area (Å²) in [5.74, 6) is -0.393. The first-order chi connectivity index (χ1) is 15.1. The van der Waals surface area contributed by atoms with Gasteiger partial charge in [-0.1, -0.05) is 0 Å². The fourth-order valence-electron chi connectivity index (χ4n) is 3.44. The highest BCUT2D eigenvalue weighted by Crippen LogP contribution is 2.37. The van der Waals surface area contributed by atoms with E-state index in [1.54, 1.807) is 26.0 Å². The van der Waals surface area contributed by atoms with Gasteiger partial charge in [-0.15, -0.1) is 0 Å². The van der Waals surface area contributed by atoms with Crippen molar-refractivity contribution in [3.8, 4) is 0 Å². The lowest BCUT2D eigenvalue weighted by atomic mass is 10.1. The zero-order valence-electron chi connectivity index (χ0n) is 17.5. The number of piperazine rings is 1. The Labute approximate surface area is 185 Å². The molecule has 180 valence electrons. The Morgan fingerprint density at radius 3 is 1.85 bits per heavy atom. The van der Waals surface area contributed by atoms with Gasteiger partial charge in [0.05, 0.1) is 27.3 Å². The van der Waals surface area contributed by atoms with Crippen LogP contribution in [0.5, 0.6) is 0 Å². The second kappa shape index (κ2) is 8.60. The van der Waals surface area contributed by atoms with Gasteiger partial charge in [-0.3, -0.25) is 9.78 Å². The van der Waals surface area contributed by atoms with E-state index >= 15 is 0 Å². The number of halogens is 6. The van der Waals surface area contributed by atoms with Crippen molar-refractivity contribution < 1.29 is 39.6 Å². The van der Waals surface area contributed by atoms with E-state index in [2.05, 4.69) is 4.98 Å². The number of carbonyl (C=O) groups excluding carboxylic acids is 1. The van der Waals surface area contributed by atoms with E-state index in [0.717, 1.165) is 4.31 Å². The molecule has 1 aliphatic heterocycles. The van der Waals surface area contributed by atoms with Crippen LogP contribution in [0.1, 0.15) is 32.9 Å². The topological polar surface area (TPSA) is 70.6 Å². The molecule has 0 radical (unpaired) electrons. The molecule has 0 aliphatic carbocycles. The van der Waals surface area contributed by atoms with E-state index in [4.69, 9.17) is 0 Å². The predicted molar refractivity (Wildman–Crippen MR) is 105 cm³/mol. The SMILES string of the molecule is Cc1ccc(C(=O)N2CCN(S(=O)(=O)c3cc(C(F)(F)F)cc(C(F)(F)F)c3)CC2)c(C)n1. The van der Waals surface area contributed by atoms with E-state index in [1.807, 2.05) is 0 Å². The molecule has 0 spiro atoms. The van der Waals surface area contributed by atoms with Crippen LogP contribution in [0.2, 0.25) is 0 Å². The third-order valence-electron chi connectivity index (χ3n) is 5.18. The van der Waals surface area contributed by atoms with E-state index in [0.29, 0.717) is 17.0 Å². The molecule has 1 aromatic carbocycles. The lowest BCUT2D eigenvalue weighted by molar-refractivity contribution is -0.143. The minimum Gasteiger partial charge on any atom is -0.336 e. The Morgan fingerprint density at radius 2 is 1.39 bits per heavy atom. The molecule has 2 aromatic rings. The molecule has 1 fully saturated rings. The number of amides is 1. The number of sulfonamides is 1. The van der Waals surface area contributed by atoms with Crippen molar-refractivity contribution in [1.29, 1.82) is 0 Å². The smallest absolute Gasteiger partial charge is 0.336 e. The molecule has 13 heteroatoms. The monoisotopic (exact) mass is 495 g/mol. The Hall–Kier alpha value is -2.67. The first kappa shape index (κ1) is 25.0. The molecule has 33 heavy (non-hydrogen) atoms. The normalized spacial score (nSPS) is 16.2. The Balaban J connectivity index is 1.85. The molecule has 0 atom stereocenters. The van der Waals surface area contributed by atoms with Gasteiger partial charge >= 0.3 is 12.4 Å². The number of benzene rings is 1. The summed E-state index contributed by atoms with van der Waals surface area (Å²) in [6, 6.07) is 3.47. The number of carbonyl (C=O) groups is 1. The van der Waals surface area contributed by atoms with Gasteiger partial charge in [0.25, 0.3) is 5.91 Å². The van der Waals surface area contributed by atoms with Crippen LogP contribution in [-0.2, 0) is 22.4 Å². The third-order valence-corrected chi connectivity index (χ3v) is 7.06. The fourth-order valence-corrected chi connectivity index (χ4v) is 4.93. The van der Waals surface area contributed by atoms with Crippen molar-refractivity contribution in [1.82, 2.24) is 14.2 Å². The molecule has 3 rings (SSSR count). The van der Waals surface area contributed by atoms with Gasteiger partial charge in [0.2, 0.25) is 10.0 Å². The molecular weight excluding hydrogens is 476 g/mol. The third kappa shape index (κ3) is 5.29. The second-order valence-electron chi connectivity index (χ2n) is 7.52. The van der Waals surface area contributed by atoms with E-state index in [9.17, 15) is 39.6 Å². The van der Waals surface area contributed by atoms with E-state index < -0.39 is 44.3 Å². The summed E-state index contributed by atoms with van der Waals surface area (Å²) in [5.41, 5.74) is -1.92. The molecule has 1 saturated heterocycles. The maximum absolute atomic E-state index is 13.1. The van der Waals surface area contributed by atoms with Gasteiger partial charge in [-0.2, -0.15) is 30.6 Å². The Morgan fingerprint density at radius 1 is 0.879 bits per heavy atom. The number of hydrogen-bond acceptors (Lipinski definition) is 4. The summed E-state index contributed by atoms with van der Waals surface area (Å²) in [4.78, 5) is 17.2. The summed E-state index contributed by atoms with van der Waals surface area (Å²) in [6.07, 6.45) is -10.3. The van der Waals surface area contributed by atoms with Gasteiger partial charge in [0.15, 0.2) is 0 Å². The molecule has 1 aromatic heterocycles.